The number of amides is 2. The van der Waals surface area contributed by atoms with Crippen LogP contribution in [0.2, 0.25) is 5.02 Å². The van der Waals surface area contributed by atoms with Crippen LogP contribution < -0.4 is 4.90 Å². The van der Waals surface area contributed by atoms with E-state index in [0.29, 0.717) is 27.4 Å². The summed E-state index contributed by atoms with van der Waals surface area (Å²) in [4.78, 5) is 57.5. The quantitative estimate of drug-likeness (QED) is 0.368. The highest BCUT2D eigenvalue weighted by atomic mass is 35.5. The Morgan fingerprint density at radius 3 is 2.03 bits per heavy atom. The van der Waals surface area contributed by atoms with Crippen LogP contribution in [0.25, 0.3) is 0 Å². The van der Waals surface area contributed by atoms with Gasteiger partial charge in [-0.15, -0.1) is 0 Å². The van der Waals surface area contributed by atoms with Crippen molar-refractivity contribution < 1.29 is 19.2 Å². The number of halogens is 1. The van der Waals surface area contributed by atoms with Crippen LogP contribution in [0.15, 0.2) is 109 Å². The molecular weight excluding hydrogens is 488 g/mol. The lowest BCUT2D eigenvalue weighted by molar-refractivity contribution is -0.123. The fraction of sp³-hybridized carbons (Fsp3) is 0.133. The molecule has 3 aliphatic heterocycles. The van der Waals surface area contributed by atoms with Crippen LogP contribution in [0.3, 0.4) is 0 Å². The highest BCUT2D eigenvalue weighted by Gasteiger charge is 2.63. The molecule has 3 aromatic carbocycles. The van der Waals surface area contributed by atoms with Gasteiger partial charge >= 0.3 is 0 Å². The maximum absolute atomic E-state index is 13.8. The number of benzene rings is 3. The van der Waals surface area contributed by atoms with Crippen LogP contribution >= 0.6 is 11.6 Å². The predicted octanol–water partition coefficient (Wildman–Crippen LogP) is 4.72. The van der Waals surface area contributed by atoms with Crippen molar-refractivity contribution in [2.45, 2.75) is 12.1 Å². The van der Waals surface area contributed by atoms with Crippen molar-refractivity contribution in [2.75, 3.05) is 4.90 Å². The Bertz CT molecular complexity index is 1480. The second-order valence-corrected chi connectivity index (χ2v) is 9.72. The highest BCUT2D eigenvalue weighted by molar-refractivity contribution is 6.30. The maximum Gasteiger partial charge on any atom is 0.240 e. The smallest absolute Gasteiger partial charge is 0.240 e. The van der Waals surface area contributed by atoms with Crippen molar-refractivity contribution in [2.24, 2.45) is 11.8 Å². The van der Waals surface area contributed by atoms with E-state index in [0.717, 1.165) is 0 Å². The van der Waals surface area contributed by atoms with Gasteiger partial charge in [0.1, 0.15) is 6.04 Å². The summed E-state index contributed by atoms with van der Waals surface area (Å²) >= 11 is 6.02. The van der Waals surface area contributed by atoms with Crippen molar-refractivity contribution in [1.82, 2.24) is 4.90 Å². The molecule has 6 rings (SSSR count). The molecule has 0 radical (unpaired) electrons. The molecule has 3 aromatic rings. The molecule has 2 amide bonds. The number of hydrogen-bond acceptors (Lipinski definition) is 5. The number of Topliss-reactive ketones (excluding diaryl/α,β-unsaturated/α-hetero) is 2. The Kier molecular flexibility index (Phi) is 5.61. The van der Waals surface area contributed by atoms with Crippen LogP contribution in [-0.4, -0.2) is 40.4 Å². The van der Waals surface area contributed by atoms with E-state index in [2.05, 4.69) is 0 Å². The molecule has 0 aliphatic carbocycles. The molecule has 0 saturated carbocycles. The number of rotatable bonds is 5. The Labute approximate surface area is 218 Å². The zero-order chi connectivity index (χ0) is 25.7. The van der Waals surface area contributed by atoms with E-state index in [9.17, 15) is 19.2 Å². The van der Waals surface area contributed by atoms with Crippen molar-refractivity contribution in [3.63, 3.8) is 0 Å². The fourth-order valence-electron chi connectivity index (χ4n) is 5.57. The second-order valence-electron chi connectivity index (χ2n) is 9.29. The van der Waals surface area contributed by atoms with Gasteiger partial charge in [-0.3, -0.25) is 19.2 Å². The van der Waals surface area contributed by atoms with E-state index in [1.165, 1.54) is 4.90 Å². The molecule has 3 aliphatic rings. The lowest BCUT2D eigenvalue weighted by Crippen LogP contribution is -2.46. The maximum atomic E-state index is 13.8. The van der Waals surface area contributed by atoms with Gasteiger partial charge in [-0.2, -0.15) is 0 Å². The topological polar surface area (TPSA) is 74.8 Å². The lowest BCUT2D eigenvalue weighted by atomic mass is 9.85. The zero-order valence-corrected chi connectivity index (χ0v) is 20.3. The largest absolute Gasteiger partial charge is 0.359 e. The number of para-hydroxylation sites is 1. The van der Waals surface area contributed by atoms with Gasteiger partial charge in [-0.1, -0.05) is 66.2 Å². The SMILES string of the molecule is O=C(C1=C[C@H]2[C@@H]3C(=O)N(c4ccccc4)C(=O)[C@@H]3[C@H](C(=O)c3ccc(Cl)cc3)N2C=C1)c1ccccc1. The molecule has 37 heavy (non-hydrogen) atoms. The summed E-state index contributed by atoms with van der Waals surface area (Å²) in [6.45, 7) is 0. The van der Waals surface area contributed by atoms with Gasteiger partial charge in [0, 0.05) is 27.9 Å². The van der Waals surface area contributed by atoms with Gasteiger partial charge in [-0.05, 0) is 42.5 Å². The summed E-state index contributed by atoms with van der Waals surface area (Å²) in [5, 5.41) is 0.492. The van der Waals surface area contributed by atoms with E-state index in [1.54, 1.807) is 102 Å². The molecule has 0 N–H and O–H groups in total. The average Bonchev–Trinajstić information content (AvgIpc) is 3.40. The Balaban J connectivity index is 1.43. The minimum absolute atomic E-state index is 0.183. The summed E-state index contributed by atoms with van der Waals surface area (Å²) in [6, 6.07) is 22.6. The van der Waals surface area contributed by atoms with Crippen molar-refractivity contribution in [1.29, 1.82) is 0 Å². The summed E-state index contributed by atoms with van der Waals surface area (Å²) in [6.07, 6.45) is 5.05. The first-order valence-electron chi connectivity index (χ1n) is 12.0. The van der Waals surface area contributed by atoms with Crippen LogP contribution in [0, 0.1) is 11.8 Å². The van der Waals surface area contributed by atoms with E-state index >= 15 is 0 Å². The Hall–Kier alpha value is -4.29. The highest BCUT2D eigenvalue weighted by Crippen LogP contribution is 2.47. The molecule has 7 heteroatoms. The first-order chi connectivity index (χ1) is 18.0. The number of anilines is 1. The van der Waals surface area contributed by atoms with Gasteiger partial charge in [0.15, 0.2) is 11.6 Å². The summed E-state index contributed by atoms with van der Waals surface area (Å²) in [5.41, 5.74) is 1.81. The summed E-state index contributed by atoms with van der Waals surface area (Å²) in [7, 11) is 0. The number of hydrogen-bond donors (Lipinski definition) is 0. The number of nitrogens with zero attached hydrogens (tertiary/aromatic N) is 2. The number of fused-ring (bicyclic) bond motifs is 3. The number of imide groups is 1. The van der Waals surface area contributed by atoms with Gasteiger partial charge in [-0.25, -0.2) is 4.90 Å². The van der Waals surface area contributed by atoms with Crippen LogP contribution in [-0.2, 0) is 9.59 Å². The molecule has 0 unspecified atom stereocenters. The minimum atomic E-state index is -0.901. The van der Waals surface area contributed by atoms with E-state index in [1.807, 2.05) is 6.07 Å². The van der Waals surface area contributed by atoms with Gasteiger partial charge in [0.2, 0.25) is 11.8 Å². The number of carbonyl (C=O) groups is 4. The molecule has 0 bridgehead atoms. The van der Waals surface area contributed by atoms with E-state index < -0.39 is 29.8 Å². The lowest BCUT2D eigenvalue weighted by Gasteiger charge is -2.32. The first-order valence-corrected chi connectivity index (χ1v) is 12.3. The molecular formula is C30H21ClN2O4. The van der Waals surface area contributed by atoms with E-state index in [-0.39, 0.29) is 17.5 Å². The van der Waals surface area contributed by atoms with Crippen LogP contribution in [0.1, 0.15) is 20.7 Å². The monoisotopic (exact) mass is 508 g/mol. The van der Waals surface area contributed by atoms with Gasteiger partial charge in [0.25, 0.3) is 0 Å². The van der Waals surface area contributed by atoms with Crippen LogP contribution in [0.4, 0.5) is 5.69 Å². The van der Waals surface area contributed by atoms with Gasteiger partial charge in [0.05, 0.1) is 23.6 Å². The van der Waals surface area contributed by atoms with Crippen LogP contribution in [0.5, 0.6) is 0 Å². The van der Waals surface area contributed by atoms with Crippen molar-refractivity contribution >= 4 is 40.7 Å². The number of carbonyl (C=O) groups excluding carboxylic acids is 4. The minimum Gasteiger partial charge on any atom is -0.359 e. The molecule has 0 aromatic heterocycles. The molecule has 2 saturated heterocycles. The summed E-state index contributed by atoms with van der Waals surface area (Å²) < 4.78 is 0. The standard InChI is InChI=1S/C30H21ClN2O4/c31-21-13-11-19(12-14-21)28(35)26-25-24(29(36)33(30(25)37)22-9-5-2-6-10-22)23-17-20(15-16-32(23)26)27(34)18-7-3-1-4-8-18/h1-17,23-26H/t23-,24-,25-,26+/m0/s1. The molecule has 2 fully saturated rings. The fourth-order valence-corrected chi connectivity index (χ4v) is 5.70. The zero-order valence-electron chi connectivity index (χ0n) is 19.5. The van der Waals surface area contributed by atoms with Gasteiger partial charge < -0.3 is 4.90 Å². The third kappa shape index (κ3) is 3.72. The Morgan fingerprint density at radius 1 is 0.730 bits per heavy atom. The molecule has 3 heterocycles. The number of ketones is 2. The summed E-state index contributed by atoms with van der Waals surface area (Å²) in [5.74, 6) is -2.95. The average molecular weight is 509 g/mol. The molecule has 182 valence electrons. The predicted molar refractivity (Wildman–Crippen MR) is 139 cm³/mol. The normalized spacial score (nSPS) is 24.1. The number of allylic oxidation sites excluding steroid dienone is 2. The Morgan fingerprint density at radius 2 is 1.35 bits per heavy atom. The second kappa shape index (κ2) is 8.98. The van der Waals surface area contributed by atoms with Crippen molar-refractivity contribution in [3.8, 4) is 0 Å². The van der Waals surface area contributed by atoms with Crippen molar-refractivity contribution in [3.05, 3.63) is 125 Å². The molecule has 4 atom stereocenters. The third-order valence-corrected chi connectivity index (χ3v) is 7.51. The molecule has 0 spiro atoms. The molecule has 6 nitrogen and oxygen atoms in total. The first kappa shape index (κ1) is 23.1. The van der Waals surface area contributed by atoms with E-state index in [4.69, 9.17) is 11.6 Å². The third-order valence-electron chi connectivity index (χ3n) is 7.26.